The predicted octanol–water partition coefficient (Wildman–Crippen LogP) is 2.99. The Morgan fingerprint density at radius 3 is 2.26 bits per heavy atom. The first kappa shape index (κ1) is 13.7. The summed E-state index contributed by atoms with van der Waals surface area (Å²) in [5.41, 5.74) is 0.425. The van der Waals surface area contributed by atoms with Crippen LogP contribution in [0.2, 0.25) is 0 Å². The molecule has 1 N–H and O–H groups in total. The zero-order chi connectivity index (χ0) is 13.9. The molecule has 2 rings (SSSR count). The third kappa shape index (κ3) is 2.67. The molecule has 1 atom stereocenters. The molecule has 0 saturated carbocycles. The third-order valence-corrected chi connectivity index (χ3v) is 4.80. The number of hydrogen-bond donors (Lipinski definition) is 1. The van der Waals surface area contributed by atoms with Gasteiger partial charge in [-0.15, -0.1) is 0 Å². The van der Waals surface area contributed by atoms with Crippen molar-refractivity contribution in [2.24, 2.45) is 0 Å². The summed E-state index contributed by atoms with van der Waals surface area (Å²) >= 11 is 0. The Kier molecular flexibility index (Phi) is 3.98. The molecular formula is C15H15O3P. The highest BCUT2D eigenvalue weighted by molar-refractivity contribution is 7.82. The summed E-state index contributed by atoms with van der Waals surface area (Å²) < 4.78 is 12.4. The van der Waals surface area contributed by atoms with E-state index in [0.29, 0.717) is 12.0 Å². The van der Waals surface area contributed by atoms with Crippen molar-refractivity contribution in [2.45, 2.75) is 13.3 Å². The molecule has 0 aliphatic rings. The summed E-state index contributed by atoms with van der Waals surface area (Å²) in [4.78, 5) is 22.5. The SMILES string of the molecule is CCc1ccccc1C(=O)P(=O)(O)c1ccccc1. The molecule has 0 aromatic heterocycles. The van der Waals surface area contributed by atoms with Gasteiger partial charge in [-0.2, -0.15) is 0 Å². The van der Waals surface area contributed by atoms with E-state index in [1.165, 1.54) is 12.1 Å². The van der Waals surface area contributed by atoms with Gasteiger partial charge in [0.05, 0.1) is 0 Å². The molecule has 19 heavy (non-hydrogen) atoms. The number of benzene rings is 2. The van der Waals surface area contributed by atoms with Crippen molar-refractivity contribution in [3.8, 4) is 0 Å². The average Bonchev–Trinajstić information content (AvgIpc) is 2.47. The van der Waals surface area contributed by atoms with Gasteiger partial charge in [0.15, 0.2) is 0 Å². The molecule has 0 saturated heterocycles. The minimum Gasteiger partial charge on any atom is -0.336 e. The molecule has 98 valence electrons. The van der Waals surface area contributed by atoms with E-state index in [1.54, 1.807) is 36.4 Å². The van der Waals surface area contributed by atoms with Crippen LogP contribution < -0.4 is 5.30 Å². The molecule has 0 radical (unpaired) electrons. The maximum absolute atomic E-state index is 12.4. The highest BCUT2D eigenvalue weighted by atomic mass is 31.2. The van der Waals surface area contributed by atoms with Gasteiger partial charge >= 0.3 is 0 Å². The Morgan fingerprint density at radius 1 is 1.05 bits per heavy atom. The van der Waals surface area contributed by atoms with Crippen molar-refractivity contribution >= 4 is 18.2 Å². The second-order valence-electron chi connectivity index (χ2n) is 4.23. The molecule has 0 fully saturated rings. The molecule has 0 aliphatic heterocycles. The predicted molar refractivity (Wildman–Crippen MR) is 76.1 cm³/mol. The molecule has 0 aliphatic carbocycles. The van der Waals surface area contributed by atoms with Gasteiger partial charge in [0.1, 0.15) is 0 Å². The van der Waals surface area contributed by atoms with Crippen molar-refractivity contribution in [1.29, 1.82) is 0 Å². The van der Waals surface area contributed by atoms with Crippen LogP contribution in [0, 0.1) is 0 Å². The van der Waals surface area contributed by atoms with Crippen LogP contribution in [-0.2, 0) is 11.0 Å². The molecule has 2 aromatic carbocycles. The van der Waals surface area contributed by atoms with Gasteiger partial charge < -0.3 is 4.89 Å². The number of carbonyl (C=O) groups is 1. The van der Waals surface area contributed by atoms with Crippen LogP contribution in [0.1, 0.15) is 22.8 Å². The van der Waals surface area contributed by atoms with Crippen molar-refractivity contribution in [2.75, 3.05) is 0 Å². The fourth-order valence-electron chi connectivity index (χ4n) is 1.95. The number of carbonyl (C=O) groups excluding carboxylic acids is 1. The highest BCUT2D eigenvalue weighted by Gasteiger charge is 2.33. The van der Waals surface area contributed by atoms with Crippen LogP contribution in [0.4, 0.5) is 0 Å². The van der Waals surface area contributed by atoms with Gasteiger partial charge in [-0.3, -0.25) is 9.36 Å². The highest BCUT2D eigenvalue weighted by Crippen LogP contribution is 2.43. The zero-order valence-corrected chi connectivity index (χ0v) is 11.5. The first-order valence-corrected chi connectivity index (χ1v) is 7.74. The Morgan fingerprint density at radius 2 is 1.63 bits per heavy atom. The van der Waals surface area contributed by atoms with E-state index in [-0.39, 0.29) is 5.30 Å². The van der Waals surface area contributed by atoms with E-state index in [4.69, 9.17) is 0 Å². The number of rotatable bonds is 4. The van der Waals surface area contributed by atoms with Crippen molar-refractivity contribution in [3.63, 3.8) is 0 Å². The lowest BCUT2D eigenvalue weighted by molar-refractivity contribution is 0.106. The first-order valence-electron chi connectivity index (χ1n) is 6.08. The third-order valence-electron chi connectivity index (χ3n) is 3.01. The van der Waals surface area contributed by atoms with Crippen LogP contribution in [0.15, 0.2) is 54.6 Å². The second-order valence-corrected chi connectivity index (χ2v) is 6.30. The zero-order valence-electron chi connectivity index (χ0n) is 10.6. The summed E-state index contributed by atoms with van der Waals surface area (Å²) in [6.45, 7) is 1.91. The lowest BCUT2D eigenvalue weighted by Gasteiger charge is -2.12. The van der Waals surface area contributed by atoms with Crippen molar-refractivity contribution in [3.05, 3.63) is 65.7 Å². The largest absolute Gasteiger partial charge is 0.336 e. The molecule has 4 heteroatoms. The van der Waals surface area contributed by atoms with Crippen LogP contribution >= 0.6 is 7.37 Å². The maximum Gasteiger partial charge on any atom is 0.298 e. The lowest BCUT2D eigenvalue weighted by atomic mass is 10.1. The minimum absolute atomic E-state index is 0.172. The smallest absolute Gasteiger partial charge is 0.298 e. The quantitative estimate of drug-likeness (QED) is 0.872. The van der Waals surface area contributed by atoms with Crippen LogP contribution in [0.5, 0.6) is 0 Å². The molecule has 0 heterocycles. The average molecular weight is 274 g/mol. The fourth-order valence-corrected chi connectivity index (χ4v) is 3.30. The summed E-state index contributed by atoms with van der Waals surface area (Å²) in [7, 11) is -4.04. The van der Waals surface area contributed by atoms with E-state index < -0.39 is 12.9 Å². The molecule has 0 spiro atoms. The molecule has 0 amide bonds. The van der Waals surface area contributed by atoms with E-state index in [0.717, 1.165) is 5.56 Å². The topological polar surface area (TPSA) is 54.4 Å². The van der Waals surface area contributed by atoms with Gasteiger partial charge in [0.2, 0.25) is 0 Å². The van der Waals surface area contributed by atoms with E-state index in [9.17, 15) is 14.3 Å². The monoisotopic (exact) mass is 274 g/mol. The van der Waals surface area contributed by atoms with Gasteiger partial charge in [0, 0.05) is 10.9 Å². The molecule has 0 bridgehead atoms. The Balaban J connectivity index is 2.47. The Labute approximate surface area is 112 Å². The number of hydrogen-bond acceptors (Lipinski definition) is 2. The fraction of sp³-hybridized carbons (Fsp3) is 0.133. The molecule has 1 unspecified atom stereocenters. The van der Waals surface area contributed by atoms with Crippen LogP contribution in [0.25, 0.3) is 0 Å². The van der Waals surface area contributed by atoms with E-state index in [1.807, 2.05) is 13.0 Å². The van der Waals surface area contributed by atoms with E-state index >= 15 is 0 Å². The summed E-state index contributed by atoms with van der Waals surface area (Å²) in [5.74, 6) is 0. The first-order chi connectivity index (χ1) is 9.07. The Bertz CT molecular complexity index is 635. The van der Waals surface area contributed by atoms with Gasteiger partial charge in [-0.05, 0) is 24.1 Å². The molecule has 2 aromatic rings. The summed E-state index contributed by atoms with van der Waals surface area (Å²) in [5, 5.41) is 0.172. The van der Waals surface area contributed by atoms with Gasteiger partial charge in [-0.1, -0.05) is 49.4 Å². The number of aryl methyl sites for hydroxylation is 1. The molecular weight excluding hydrogens is 259 g/mol. The Hall–Kier alpha value is -1.70. The van der Waals surface area contributed by atoms with Crippen molar-refractivity contribution < 1.29 is 14.3 Å². The van der Waals surface area contributed by atoms with Gasteiger partial charge in [-0.25, -0.2) is 0 Å². The lowest BCUT2D eigenvalue weighted by Crippen LogP contribution is -2.13. The van der Waals surface area contributed by atoms with Crippen LogP contribution in [0.3, 0.4) is 0 Å². The standard InChI is InChI=1S/C15H15O3P/c1-2-12-8-6-7-11-14(12)15(16)19(17,18)13-9-4-3-5-10-13/h3-11H,2H2,1H3,(H,17,18). The van der Waals surface area contributed by atoms with Crippen LogP contribution in [-0.4, -0.2) is 10.4 Å². The minimum atomic E-state index is -4.04. The van der Waals surface area contributed by atoms with Gasteiger partial charge in [0.25, 0.3) is 12.9 Å². The molecule has 3 nitrogen and oxygen atoms in total. The van der Waals surface area contributed by atoms with E-state index in [2.05, 4.69) is 0 Å². The second kappa shape index (κ2) is 5.52. The summed E-state index contributed by atoms with van der Waals surface area (Å²) in [6.07, 6.45) is 0.650. The maximum atomic E-state index is 12.4. The normalized spacial score (nSPS) is 13.8. The van der Waals surface area contributed by atoms with Crippen molar-refractivity contribution in [1.82, 2.24) is 0 Å². The summed E-state index contributed by atoms with van der Waals surface area (Å²) in [6, 6.07) is 15.0.